The maximum atomic E-state index is 10.2. The highest BCUT2D eigenvalue weighted by Gasteiger charge is 2.30. The molecule has 1 atom stereocenters. The molecule has 1 aliphatic rings. The number of hydrogen-bond acceptors (Lipinski definition) is 7. The Labute approximate surface area is 164 Å². The Kier molecular flexibility index (Phi) is 6.98. The van der Waals surface area contributed by atoms with E-state index in [9.17, 15) is 5.11 Å². The lowest BCUT2D eigenvalue weighted by molar-refractivity contribution is 0.0397. The van der Waals surface area contributed by atoms with Gasteiger partial charge in [-0.05, 0) is 37.5 Å². The fourth-order valence-electron chi connectivity index (χ4n) is 2.85. The zero-order valence-electron chi connectivity index (χ0n) is 16.1. The molecule has 1 aliphatic carbocycles. The third-order valence-electron chi connectivity index (χ3n) is 4.44. The summed E-state index contributed by atoms with van der Waals surface area (Å²) in [4.78, 5) is 0. The smallest absolute Gasteiger partial charge is 0.191 e. The Hall–Kier alpha value is -1.77. The van der Waals surface area contributed by atoms with Gasteiger partial charge in [-0.2, -0.15) is 0 Å². The summed E-state index contributed by atoms with van der Waals surface area (Å²) < 4.78 is 18.3. The lowest BCUT2D eigenvalue weighted by Crippen LogP contribution is -2.18. The monoisotopic (exact) mass is 393 g/mol. The van der Waals surface area contributed by atoms with Gasteiger partial charge in [-0.1, -0.05) is 17.8 Å². The molecule has 1 heterocycles. The molecule has 8 heteroatoms. The molecule has 3 rings (SSSR count). The number of aliphatic hydroxyl groups is 1. The molecular formula is C19H27N3O4S. The highest BCUT2D eigenvalue weighted by Crippen LogP contribution is 2.40. The first-order valence-corrected chi connectivity index (χ1v) is 10.2. The summed E-state index contributed by atoms with van der Waals surface area (Å²) in [5.41, 5.74) is 0.965. The number of hydrogen-bond donors (Lipinski definition) is 1. The average Bonchev–Trinajstić information content (AvgIpc) is 3.45. The summed E-state index contributed by atoms with van der Waals surface area (Å²) in [5.74, 6) is 3.53. The second-order valence-electron chi connectivity index (χ2n) is 6.53. The summed E-state index contributed by atoms with van der Waals surface area (Å²) >= 11 is 1.53. The highest BCUT2D eigenvalue weighted by molar-refractivity contribution is 7.99. The Balaban J connectivity index is 1.44. The zero-order chi connectivity index (χ0) is 19.2. The van der Waals surface area contributed by atoms with Crippen molar-refractivity contribution in [1.29, 1.82) is 0 Å². The fraction of sp³-hybridized carbons (Fsp3) is 0.579. The number of ether oxygens (including phenoxy) is 3. The maximum absolute atomic E-state index is 10.2. The molecule has 1 aromatic heterocycles. The number of rotatable bonds is 11. The number of thioether (sulfide) groups is 1. The van der Waals surface area contributed by atoms with E-state index in [1.54, 1.807) is 14.2 Å². The molecule has 7 nitrogen and oxygen atoms in total. The third-order valence-corrected chi connectivity index (χ3v) is 5.55. The summed E-state index contributed by atoms with van der Waals surface area (Å²) in [7, 11) is 3.21. The first-order valence-electron chi connectivity index (χ1n) is 9.18. The van der Waals surface area contributed by atoms with Crippen LogP contribution in [0.1, 0.15) is 37.1 Å². The van der Waals surface area contributed by atoms with Gasteiger partial charge in [0.25, 0.3) is 0 Å². The van der Waals surface area contributed by atoms with Crippen molar-refractivity contribution in [3.63, 3.8) is 0 Å². The van der Waals surface area contributed by atoms with E-state index in [0.29, 0.717) is 29.8 Å². The lowest BCUT2D eigenvalue weighted by atomic mass is 10.2. The van der Waals surface area contributed by atoms with Gasteiger partial charge in [0, 0.05) is 18.2 Å². The maximum Gasteiger partial charge on any atom is 0.191 e. The first kappa shape index (κ1) is 20.0. The van der Waals surface area contributed by atoms with E-state index in [1.165, 1.54) is 24.6 Å². The average molecular weight is 394 g/mol. The van der Waals surface area contributed by atoms with E-state index in [-0.39, 0.29) is 6.61 Å². The van der Waals surface area contributed by atoms with Crippen LogP contribution in [-0.2, 0) is 17.9 Å². The minimum absolute atomic E-state index is 0.261. The van der Waals surface area contributed by atoms with Gasteiger partial charge < -0.3 is 23.9 Å². The molecular weight excluding hydrogens is 366 g/mol. The molecule has 0 spiro atoms. The van der Waals surface area contributed by atoms with E-state index in [1.807, 2.05) is 18.2 Å². The normalized spacial score (nSPS) is 15.0. The largest absolute Gasteiger partial charge is 0.493 e. The molecule has 0 radical (unpaired) electrons. The topological polar surface area (TPSA) is 78.6 Å². The van der Waals surface area contributed by atoms with Crippen LogP contribution in [-0.4, -0.2) is 52.6 Å². The molecule has 0 amide bonds. The van der Waals surface area contributed by atoms with Gasteiger partial charge in [0.2, 0.25) is 0 Å². The summed E-state index contributed by atoms with van der Waals surface area (Å²) in [5, 5.41) is 19.7. The van der Waals surface area contributed by atoms with Crippen molar-refractivity contribution < 1.29 is 19.3 Å². The van der Waals surface area contributed by atoms with E-state index in [0.717, 1.165) is 23.1 Å². The predicted molar refractivity (Wildman–Crippen MR) is 104 cm³/mol. The number of aliphatic hydroxyl groups excluding tert-OH is 1. The number of benzene rings is 1. The molecule has 1 unspecified atom stereocenters. The minimum atomic E-state index is -0.568. The van der Waals surface area contributed by atoms with Crippen molar-refractivity contribution in [3.8, 4) is 11.5 Å². The third kappa shape index (κ3) is 5.15. The fourth-order valence-corrected chi connectivity index (χ4v) is 3.76. The molecule has 0 bridgehead atoms. The lowest BCUT2D eigenvalue weighted by Gasteiger charge is -2.13. The molecule has 1 saturated carbocycles. The van der Waals surface area contributed by atoms with Crippen LogP contribution < -0.4 is 9.47 Å². The van der Waals surface area contributed by atoms with Crippen LogP contribution in [0.4, 0.5) is 0 Å². The summed E-state index contributed by atoms with van der Waals surface area (Å²) in [6.07, 6.45) is 1.84. The van der Waals surface area contributed by atoms with Crippen LogP contribution in [0.3, 0.4) is 0 Å². The molecule has 1 fully saturated rings. The number of nitrogens with zero attached hydrogens (tertiary/aromatic N) is 3. The van der Waals surface area contributed by atoms with Gasteiger partial charge in [-0.25, -0.2) is 0 Å². The Morgan fingerprint density at radius 2 is 2.00 bits per heavy atom. The molecule has 2 aromatic rings. The predicted octanol–water partition coefficient (Wildman–Crippen LogP) is 2.86. The SMILES string of the molecule is CCn1c(SCC(O)COCc2ccc(OC)c(OC)c2)nnc1C1CC1. The molecule has 1 N–H and O–H groups in total. The molecule has 27 heavy (non-hydrogen) atoms. The summed E-state index contributed by atoms with van der Waals surface area (Å²) in [6, 6.07) is 5.65. The van der Waals surface area contributed by atoms with Crippen molar-refractivity contribution in [1.82, 2.24) is 14.8 Å². The Morgan fingerprint density at radius 3 is 2.67 bits per heavy atom. The quantitative estimate of drug-likeness (QED) is 0.588. The molecule has 0 saturated heterocycles. The van der Waals surface area contributed by atoms with E-state index < -0.39 is 6.10 Å². The van der Waals surface area contributed by atoms with E-state index in [4.69, 9.17) is 14.2 Å². The van der Waals surface area contributed by atoms with Crippen molar-refractivity contribution in [2.75, 3.05) is 26.6 Å². The van der Waals surface area contributed by atoms with Crippen molar-refractivity contribution in [3.05, 3.63) is 29.6 Å². The minimum Gasteiger partial charge on any atom is -0.493 e. The standard InChI is InChI=1S/C19H27N3O4S/c1-4-22-18(14-6-7-14)20-21-19(22)27-12-15(23)11-26-10-13-5-8-16(24-2)17(9-13)25-3/h5,8-9,14-15,23H,4,6-7,10-12H2,1-3H3. The second-order valence-corrected chi connectivity index (χ2v) is 7.52. The van der Waals surface area contributed by atoms with Crippen molar-refractivity contribution in [2.24, 2.45) is 0 Å². The van der Waals surface area contributed by atoms with Gasteiger partial charge >= 0.3 is 0 Å². The van der Waals surface area contributed by atoms with E-state index >= 15 is 0 Å². The summed E-state index contributed by atoms with van der Waals surface area (Å²) in [6.45, 7) is 3.62. The molecule has 1 aromatic carbocycles. The Bertz CT molecular complexity index is 749. The van der Waals surface area contributed by atoms with Crippen LogP contribution in [0.2, 0.25) is 0 Å². The number of aromatic nitrogens is 3. The van der Waals surface area contributed by atoms with Gasteiger partial charge in [-0.3, -0.25) is 0 Å². The van der Waals surface area contributed by atoms with Crippen LogP contribution >= 0.6 is 11.8 Å². The van der Waals surface area contributed by atoms with Gasteiger partial charge in [0.1, 0.15) is 5.82 Å². The van der Waals surface area contributed by atoms with Crippen LogP contribution in [0.25, 0.3) is 0 Å². The van der Waals surface area contributed by atoms with Crippen molar-refractivity contribution >= 4 is 11.8 Å². The molecule has 0 aliphatic heterocycles. The second kappa shape index (κ2) is 9.43. The number of methoxy groups -OCH3 is 2. The van der Waals surface area contributed by atoms with Gasteiger partial charge in [0.15, 0.2) is 16.7 Å². The van der Waals surface area contributed by atoms with Gasteiger partial charge in [-0.15, -0.1) is 10.2 Å². The molecule has 148 valence electrons. The first-order chi connectivity index (χ1) is 13.2. The van der Waals surface area contributed by atoms with Crippen LogP contribution in [0.5, 0.6) is 11.5 Å². The van der Waals surface area contributed by atoms with Crippen LogP contribution in [0.15, 0.2) is 23.4 Å². The van der Waals surface area contributed by atoms with Crippen LogP contribution in [0, 0.1) is 0 Å². The Morgan fingerprint density at radius 1 is 1.22 bits per heavy atom. The van der Waals surface area contributed by atoms with Gasteiger partial charge in [0.05, 0.1) is 33.5 Å². The van der Waals surface area contributed by atoms with E-state index in [2.05, 4.69) is 21.7 Å². The zero-order valence-corrected chi connectivity index (χ0v) is 16.9. The van der Waals surface area contributed by atoms with Crippen molar-refractivity contribution in [2.45, 2.75) is 50.1 Å². The highest BCUT2D eigenvalue weighted by atomic mass is 32.2.